The third kappa shape index (κ3) is 2.44. The van der Waals surface area contributed by atoms with E-state index in [4.69, 9.17) is 0 Å². The van der Waals surface area contributed by atoms with E-state index in [-0.39, 0.29) is 0 Å². The smallest absolute Gasteiger partial charge is 0.0195 e. The molecule has 0 aromatic heterocycles. The molecule has 2 nitrogen and oxygen atoms in total. The van der Waals surface area contributed by atoms with Gasteiger partial charge in [0.15, 0.2) is 0 Å². The molecule has 0 bridgehead atoms. The summed E-state index contributed by atoms with van der Waals surface area (Å²) in [5, 5.41) is 3.49. The summed E-state index contributed by atoms with van der Waals surface area (Å²) in [6, 6.07) is 1.45. The molecule has 0 aliphatic carbocycles. The van der Waals surface area contributed by atoms with Gasteiger partial charge in [0, 0.05) is 31.7 Å². The van der Waals surface area contributed by atoms with Crippen molar-refractivity contribution in [2.75, 3.05) is 31.1 Å². The highest BCUT2D eigenvalue weighted by molar-refractivity contribution is 7.99. The number of piperazine rings is 1. The standard InChI is InChI=1S/C11H22N2S/c1-9-5-12-6-10(2)13(9)7-11-3-4-14-8-11/h9-12H,3-8H2,1-2H3/t9-,10+,11?. The topological polar surface area (TPSA) is 15.3 Å². The predicted octanol–water partition coefficient (Wildman–Crippen LogP) is 1.42. The largest absolute Gasteiger partial charge is 0.314 e. The fourth-order valence-corrected chi connectivity index (χ4v) is 3.83. The van der Waals surface area contributed by atoms with Crippen LogP contribution in [0, 0.1) is 5.92 Å². The molecule has 0 amide bonds. The molecule has 0 aromatic carbocycles. The first-order valence-corrected chi connectivity index (χ1v) is 6.97. The minimum atomic E-state index is 0.726. The molecule has 2 heterocycles. The van der Waals surface area contributed by atoms with E-state index in [0.717, 1.165) is 18.0 Å². The van der Waals surface area contributed by atoms with E-state index in [1.54, 1.807) is 0 Å². The second-order valence-electron chi connectivity index (χ2n) is 4.78. The van der Waals surface area contributed by atoms with Gasteiger partial charge < -0.3 is 5.32 Å². The molecule has 2 aliphatic heterocycles. The molecule has 1 unspecified atom stereocenters. The molecule has 3 atom stereocenters. The van der Waals surface area contributed by atoms with Gasteiger partial charge in [-0.1, -0.05) is 0 Å². The lowest BCUT2D eigenvalue weighted by Crippen LogP contribution is -2.56. The average Bonchev–Trinajstić information content (AvgIpc) is 2.64. The Bertz CT molecular complexity index is 170. The van der Waals surface area contributed by atoms with Crippen LogP contribution >= 0.6 is 11.8 Å². The van der Waals surface area contributed by atoms with Crippen LogP contribution in [0.25, 0.3) is 0 Å². The van der Waals surface area contributed by atoms with Crippen LogP contribution in [0.4, 0.5) is 0 Å². The van der Waals surface area contributed by atoms with Crippen molar-refractivity contribution in [3.8, 4) is 0 Å². The van der Waals surface area contributed by atoms with Gasteiger partial charge in [-0.15, -0.1) is 0 Å². The van der Waals surface area contributed by atoms with Crippen LogP contribution in [0.3, 0.4) is 0 Å². The zero-order valence-electron chi connectivity index (χ0n) is 9.33. The molecule has 0 spiro atoms. The number of nitrogens with zero attached hydrogens (tertiary/aromatic N) is 1. The van der Waals surface area contributed by atoms with E-state index in [9.17, 15) is 0 Å². The van der Waals surface area contributed by atoms with Gasteiger partial charge in [-0.2, -0.15) is 11.8 Å². The van der Waals surface area contributed by atoms with Gasteiger partial charge in [-0.3, -0.25) is 4.90 Å². The lowest BCUT2D eigenvalue weighted by molar-refractivity contribution is 0.100. The summed E-state index contributed by atoms with van der Waals surface area (Å²) in [5.74, 6) is 3.74. The van der Waals surface area contributed by atoms with Crippen molar-refractivity contribution in [1.29, 1.82) is 0 Å². The Morgan fingerprint density at radius 1 is 1.29 bits per heavy atom. The molecule has 14 heavy (non-hydrogen) atoms. The van der Waals surface area contributed by atoms with Crippen LogP contribution < -0.4 is 5.32 Å². The lowest BCUT2D eigenvalue weighted by Gasteiger charge is -2.40. The molecule has 1 N–H and O–H groups in total. The van der Waals surface area contributed by atoms with Gasteiger partial charge in [0.1, 0.15) is 0 Å². The molecular formula is C11H22N2S. The van der Waals surface area contributed by atoms with Gasteiger partial charge in [0.05, 0.1) is 0 Å². The van der Waals surface area contributed by atoms with Gasteiger partial charge in [-0.25, -0.2) is 0 Å². The predicted molar refractivity (Wildman–Crippen MR) is 63.9 cm³/mol. The summed E-state index contributed by atoms with van der Waals surface area (Å²) in [4.78, 5) is 2.70. The van der Waals surface area contributed by atoms with Crippen LogP contribution in [-0.2, 0) is 0 Å². The molecule has 2 fully saturated rings. The van der Waals surface area contributed by atoms with Gasteiger partial charge >= 0.3 is 0 Å². The third-order valence-corrected chi connectivity index (χ3v) is 4.74. The van der Waals surface area contributed by atoms with Gasteiger partial charge in [-0.05, 0) is 37.7 Å². The van der Waals surface area contributed by atoms with Crippen LogP contribution in [-0.4, -0.2) is 48.1 Å². The third-order valence-electron chi connectivity index (χ3n) is 3.50. The van der Waals surface area contributed by atoms with E-state index < -0.39 is 0 Å². The summed E-state index contributed by atoms with van der Waals surface area (Å²) in [5.41, 5.74) is 0. The maximum Gasteiger partial charge on any atom is 0.0195 e. The van der Waals surface area contributed by atoms with Crippen LogP contribution in [0.2, 0.25) is 0 Å². The summed E-state index contributed by atoms with van der Waals surface area (Å²) < 4.78 is 0. The minimum absolute atomic E-state index is 0.726. The molecule has 2 saturated heterocycles. The van der Waals surface area contributed by atoms with Crippen molar-refractivity contribution in [2.45, 2.75) is 32.4 Å². The number of hydrogen-bond donors (Lipinski definition) is 1. The van der Waals surface area contributed by atoms with E-state index in [2.05, 4.69) is 35.8 Å². The highest BCUT2D eigenvalue weighted by Gasteiger charge is 2.27. The average molecular weight is 214 g/mol. The van der Waals surface area contributed by atoms with Crippen molar-refractivity contribution in [2.24, 2.45) is 5.92 Å². The Labute approximate surface area is 91.8 Å². The molecule has 0 saturated carbocycles. The van der Waals surface area contributed by atoms with Gasteiger partial charge in [0.25, 0.3) is 0 Å². The van der Waals surface area contributed by atoms with E-state index in [1.807, 2.05) is 0 Å². The Morgan fingerprint density at radius 2 is 2.00 bits per heavy atom. The quantitative estimate of drug-likeness (QED) is 0.748. The Kier molecular flexibility index (Phi) is 3.74. The molecule has 2 aliphatic rings. The monoisotopic (exact) mass is 214 g/mol. The fraction of sp³-hybridized carbons (Fsp3) is 1.00. The maximum absolute atomic E-state index is 3.49. The van der Waals surface area contributed by atoms with E-state index in [1.165, 1.54) is 37.6 Å². The van der Waals surface area contributed by atoms with Crippen molar-refractivity contribution in [1.82, 2.24) is 10.2 Å². The molecule has 3 heteroatoms. The second kappa shape index (κ2) is 4.86. The van der Waals surface area contributed by atoms with Gasteiger partial charge in [0.2, 0.25) is 0 Å². The number of nitrogens with one attached hydrogen (secondary N) is 1. The van der Waals surface area contributed by atoms with E-state index >= 15 is 0 Å². The first-order chi connectivity index (χ1) is 6.77. The van der Waals surface area contributed by atoms with E-state index in [0.29, 0.717) is 0 Å². The zero-order valence-corrected chi connectivity index (χ0v) is 10.1. The van der Waals surface area contributed by atoms with Crippen molar-refractivity contribution < 1.29 is 0 Å². The number of hydrogen-bond acceptors (Lipinski definition) is 3. The molecule has 2 rings (SSSR count). The molecular weight excluding hydrogens is 192 g/mol. The molecule has 0 radical (unpaired) electrons. The summed E-state index contributed by atoms with van der Waals surface area (Å²) in [7, 11) is 0. The molecule has 82 valence electrons. The summed E-state index contributed by atoms with van der Waals surface area (Å²) in [6.45, 7) is 8.38. The first-order valence-electron chi connectivity index (χ1n) is 5.81. The number of thioether (sulfide) groups is 1. The van der Waals surface area contributed by atoms with Crippen LogP contribution in [0.5, 0.6) is 0 Å². The highest BCUT2D eigenvalue weighted by atomic mass is 32.2. The summed E-state index contributed by atoms with van der Waals surface area (Å²) >= 11 is 2.13. The van der Waals surface area contributed by atoms with Crippen molar-refractivity contribution in [3.05, 3.63) is 0 Å². The normalized spacial score (nSPS) is 40.3. The lowest BCUT2D eigenvalue weighted by atomic mass is 10.0. The SMILES string of the molecule is C[C@@H]1CNC[C@H](C)N1CC1CCSC1. The van der Waals surface area contributed by atoms with Crippen molar-refractivity contribution >= 4 is 11.8 Å². The minimum Gasteiger partial charge on any atom is -0.314 e. The second-order valence-corrected chi connectivity index (χ2v) is 5.93. The Balaban J connectivity index is 1.86. The van der Waals surface area contributed by atoms with Crippen LogP contribution in [0.15, 0.2) is 0 Å². The highest BCUT2D eigenvalue weighted by Crippen LogP contribution is 2.25. The van der Waals surface area contributed by atoms with Crippen LogP contribution in [0.1, 0.15) is 20.3 Å². The maximum atomic E-state index is 3.49. The molecule has 0 aromatic rings. The summed E-state index contributed by atoms with van der Waals surface area (Å²) in [6.07, 6.45) is 1.44. The first kappa shape index (κ1) is 10.8. The number of rotatable bonds is 2. The van der Waals surface area contributed by atoms with Crippen molar-refractivity contribution in [3.63, 3.8) is 0 Å². The zero-order chi connectivity index (χ0) is 9.97. The fourth-order valence-electron chi connectivity index (χ4n) is 2.56. The Hall–Kier alpha value is 0.270. The Morgan fingerprint density at radius 3 is 2.57 bits per heavy atom.